The van der Waals surface area contributed by atoms with E-state index in [1.807, 2.05) is 0 Å². The summed E-state index contributed by atoms with van der Waals surface area (Å²) >= 11 is 0. The maximum atomic E-state index is 11.8. The summed E-state index contributed by atoms with van der Waals surface area (Å²) in [6.07, 6.45) is 3.77. The van der Waals surface area contributed by atoms with E-state index in [4.69, 9.17) is 14.2 Å². The number of carbonyl (C=O) groups is 1. The number of hydrogen-bond donors (Lipinski definition) is 0. The van der Waals surface area contributed by atoms with Gasteiger partial charge in [-0.3, -0.25) is 4.98 Å². The molecule has 0 aromatic carbocycles. The Morgan fingerprint density at radius 2 is 2.26 bits per heavy atom. The van der Waals surface area contributed by atoms with Crippen LogP contribution in [0.3, 0.4) is 0 Å². The van der Waals surface area contributed by atoms with Crippen LogP contribution in [0, 0.1) is 0 Å². The first-order chi connectivity index (χ1) is 9.31. The van der Waals surface area contributed by atoms with Crippen molar-refractivity contribution in [2.24, 2.45) is 0 Å². The molecular weight excluding hydrogens is 246 g/mol. The van der Waals surface area contributed by atoms with E-state index in [1.165, 1.54) is 0 Å². The third kappa shape index (κ3) is 4.01. The number of ether oxygens (including phenoxy) is 3. The summed E-state index contributed by atoms with van der Waals surface area (Å²) in [4.78, 5) is 16.0. The second kappa shape index (κ2) is 7.21. The fraction of sp³-hybridized carbons (Fsp3) is 0.571. The SMILES string of the molecule is CCOC(=O)c1cccnc1CCC1OCCCO1. The highest BCUT2D eigenvalue weighted by molar-refractivity contribution is 5.90. The Bertz CT molecular complexity index is 416. The van der Waals surface area contributed by atoms with Crippen LogP contribution in [0.1, 0.15) is 35.8 Å². The first kappa shape index (κ1) is 14.0. The zero-order chi connectivity index (χ0) is 13.5. The smallest absolute Gasteiger partial charge is 0.339 e. The van der Waals surface area contributed by atoms with E-state index < -0.39 is 0 Å². The number of hydrogen-bond acceptors (Lipinski definition) is 5. The lowest BCUT2D eigenvalue weighted by molar-refractivity contribution is -0.180. The number of aryl methyl sites for hydroxylation is 1. The van der Waals surface area contributed by atoms with Crippen LogP contribution in [-0.2, 0) is 20.6 Å². The van der Waals surface area contributed by atoms with Crippen LogP contribution in [0.2, 0.25) is 0 Å². The highest BCUT2D eigenvalue weighted by Gasteiger charge is 2.17. The van der Waals surface area contributed by atoms with Gasteiger partial charge < -0.3 is 14.2 Å². The zero-order valence-electron chi connectivity index (χ0n) is 11.1. The molecule has 19 heavy (non-hydrogen) atoms. The number of esters is 1. The van der Waals surface area contributed by atoms with Gasteiger partial charge in [0.25, 0.3) is 0 Å². The molecule has 2 rings (SSSR count). The van der Waals surface area contributed by atoms with Gasteiger partial charge in [0, 0.05) is 12.6 Å². The van der Waals surface area contributed by atoms with Gasteiger partial charge in [0.1, 0.15) is 0 Å². The first-order valence-electron chi connectivity index (χ1n) is 6.65. The van der Waals surface area contributed by atoms with Crippen molar-refractivity contribution in [3.63, 3.8) is 0 Å². The largest absolute Gasteiger partial charge is 0.462 e. The molecule has 2 heterocycles. The minimum Gasteiger partial charge on any atom is -0.462 e. The van der Waals surface area contributed by atoms with E-state index in [1.54, 1.807) is 25.3 Å². The number of nitrogens with zero attached hydrogens (tertiary/aromatic N) is 1. The third-order valence-corrected chi connectivity index (χ3v) is 2.90. The standard InChI is InChI=1S/C14H19NO4/c1-2-17-14(16)11-5-3-8-15-12(11)6-7-13-18-9-4-10-19-13/h3,5,8,13H,2,4,6-7,9-10H2,1H3. The van der Waals surface area contributed by atoms with E-state index in [0.717, 1.165) is 25.3 Å². The van der Waals surface area contributed by atoms with Gasteiger partial charge in [-0.1, -0.05) is 0 Å². The van der Waals surface area contributed by atoms with Crippen molar-refractivity contribution >= 4 is 5.97 Å². The first-order valence-corrected chi connectivity index (χ1v) is 6.65. The molecule has 0 amide bonds. The average molecular weight is 265 g/mol. The van der Waals surface area contributed by atoms with Gasteiger partial charge in [0.2, 0.25) is 0 Å². The molecule has 1 aromatic heterocycles. The molecule has 0 aliphatic carbocycles. The molecule has 1 aromatic rings. The minimum absolute atomic E-state index is 0.189. The molecule has 0 radical (unpaired) electrons. The van der Waals surface area contributed by atoms with Crippen LogP contribution >= 0.6 is 0 Å². The number of rotatable bonds is 5. The molecule has 5 heteroatoms. The van der Waals surface area contributed by atoms with E-state index >= 15 is 0 Å². The summed E-state index contributed by atoms with van der Waals surface area (Å²) in [7, 11) is 0. The Labute approximate surface area is 112 Å². The average Bonchev–Trinajstić information content (AvgIpc) is 2.47. The van der Waals surface area contributed by atoms with Crippen molar-refractivity contribution < 1.29 is 19.0 Å². The van der Waals surface area contributed by atoms with Gasteiger partial charge in [-0.05, 0) is 31.9 Å². The minimum atomic E-state index is -0.323. The predicted octanol–water partition coefficient (Wildman–Crippen LogP) is 1.95. The Morgan fingerprint density at radius 1 is 1.47 bits per heavy atom. The lowest BCUT2D eigenvalue weighted by atomic mass is 10.1. The van der Waals surface area contributed by atoms with E-state index in [2.05, 4.69) is 4.98 Å². The molecule has 1 fully saturated rings. The fourth-order valence-corrected chi connectivity index (χ4v) is 1.99. The molecule has 0 unspecified atom stereocenters. The summed E-state index contributed by atoms with van der Waals surface area (Å²) in [5.74, 6) is -0.323. The Kier molecular flexibility index (Phi) is 5.30. The zero-order valence-corrected chi connectivity index (χ0v) is 11.1. The Balaban J connectivity index is 1.97. The molecule has 104 valence electrons. The molecule has 1 saturated heterocycles. The van der Waals surface area contributed by atoms with E-state index in [0.29, 0.717) is 25.0 Å². The van der Waals surface area contributed by atoms with Crippen molar-refractivity contribution in [2.45, 2.75) is 32.5 Å². The predicted molar refractivity (Wildman–Crippen MR) is 68.8 cm³/mol. The normalized spacial score (nSPS) is 16.3. The summed E-state index contributed by atoms with van der Waals surface area (Å²) in [6.45, 7) is 3.62. The van der Waals surface area contributed by atoms with Crippen molar-refractivity contribution in [3.05, 3.63) is 29.6 Å². The molecule has 0 atom stereocenters. The summed E-state index contributed by atoms with van der Waals surface area (Å²) in [6, 6.07) is 3.48. The van der Waals surface area contributed by atoms with Gasteiger partial charge >= 0.3 is 5.97 Å². The summed E-state index contributed by atoms with van der Waals surface area (Å²) in [5.41, 5.74) is 1.26. The molecule has 1 aliphatic heterocycles. The molecule has 5 nitrogen and oxygen atoms in total. The monoisotopic (exact) mass is 265 g/mol. The Morgan fingerprint density at radius 3 is 3.00 bits per heavy atom. The van der Waals surface area contributed by atoms with Crippen molar-refractivity contribution in [1.29, 1.82) is 0 Å². The van der Waals surface area contributed by atoms with Crippen molar-refractivity contribution in [3.8, 4) is 0 Å². The molecule has 0 spiro atoms. The lowest BCUT2D eigenvalue weighted by Crippen LogP contribution is -2.25. The van der Waals surface area contributed by atoms with Gasteiger partial charge in [-0.2, -0.15) is 0 Å². The quantitative estimate of drug-likeness (QED) is 0.762. The van der Waals surface area contributed by atoms with E-state index in [9.17, 15) is 4.79 Å². The topological polar surface area (TPSA) is 57.7 Å². The van der Waals surface area contributed by atoms with Crippen LogP contribution in [-0.4, -0.2) is 37.1 Å². The van der Waals surface area contributed by atoms with Crippen LogP contribution in [0.5, 0.6) is 0 Å². The summed E-state index contributed by atoms with van der Waals surface area (Å²) in [5, 5.41) is 0. The second-order valence-corrected chi connectivity index (χ2v) is 4.28. The lowest BCUT2D eigenvalue weighted by Gasteiger charge is -2.23. The second-order valence-electron chi connectivity index (χ2n) is 4.28. The number of pyridine rings is 1. The van der Waals surface area contributed by atoms with Crippen molar-refractivity contribution in [2.75, 3.05) is 19.8 Å². The maximum Gasteiger partial charge on any atom is 0.339 e. The van der Waals surface area contributed by atoms with E-state index in [-0.39, 0.29) is 12.3 Å². The van der Waals surface area contributed by atoms with Crippen molar-refractivity contribution in [1.82, 2.24) is 4.98 Å². The van der Waals surface area contributed by atoms with Crippen LogP contribution in [0.4, 0.5) is 0 Å². The van der Waals surface area contributed by atoms with Crippen LogP contribution < -0.4 is 0 Å². The third-order valence-electron chi connectivity index (χ3n) is 2.90. The molecule has 1 aliphatic rings. The molecule has 0 N–H and O–H groups in total. The Hall–Kier alpha value is -1.46. The van der Waals surface area contributed by atoms with Gasteiger partial charge in [-0.25, -0.2) is 4.79 Å². The summed E-state index contributed by atoms with van der Waals surface area (Å²) < 4.78 is 16.0. The maximum absolute atomic E-state index is 11.8. The fourth-order valence-electron chi connectivity index (χ4n) is 1.99. The number of carbonyl (C=O) groups excluding carboxylic acids is 1. The van der Waals surface area contributed by atoms with Crippen LogP contribution in [0.25, 0.3) is 0 Å². The van der Waals surface area contributed by atoms with Crippen LogP contribution in [0.15, 0.2) is 18.3 Å². The van der Waals surface area contributed by atoms with Gasteiger partial charge in [0.05, 0.1) is 31.1 Å². The van der Waals surface area contributed by atoms with Gasteiger partial charge in [0.15, 0.2) is 6.29 Å². The molecular formula is C14H19NO4. The van der Waals surface area contributed by atoms with Gasteiger partial charge in [-0.15, -0.1) is 0 Å². The molecule has 0 saturated carbocycles. The number of aromatic nitrogens is 1. The molecule has 0 bridgehead atoms. The highest BCUT2D eigenvalue weighted by atomic mass is 16.7. The highest BCUT2D eigenvalue weighted by Crippen LogP contribution is 2.15.